The maximum atomic E-state index is 13.1. The Morgan fingerprint density at radius 1 is 1.17 bits per heavy atom. The molecule has 1 N–H and O–H groups in total. The van der Waals surface area contributed by atoms with Crippen LogP contribution in [0.2, 0.25) is 5.02 Å². The summed E-state index contributed by atoms with van der Waals surface area (Å²) in [5.74, 6) is -0.311. The Hall–Kier alpha value is -3.66. The van der Waals surface area contributed by atoms with Crippen LogP contribution in [0.1, 0.15) is 23.2 Å². The predicted octanol–water partition coefficient (Wildman–Crippen LogP) is 1.82. The number of benzene rings is 1. The molecule has 0 saturated heterocycles. The molecular formula is C19H16ClN5O5. The molecule has 0 atom stereocenters. The zero-order valence-corrected chi connectivity index (χ0v) is 17.0. The first-order valence-corrected chi connectivity index (χ1v) is 9.20. The average molecular weight is 430 g/mol. The van der Waals surface area contributed by atoms with Gasteiger partial charge < -0.3 is 9.67 Å². The van der Waals surface area contributed by atoms with Gasteiger partial charge in [-0.05, 0) is 18.2 Å². The summed E-state index contributed by atoms with van der Waals surface area (Å²) in [6.07, 6.45) is -1.27. The van der Waals surface area contributed by atoms with Crippen molar-refractivity contribution in [2.45, 2.75) is 13.5 Å². The largest absolute Gasteiger partial charge is 0.464 e. The molecule has 0 aliphatic carbocycles. The Bertz CT molecular complexity index is 1500. The van der Waals surface area contributed by atoms with Gasteiger partial charge in [0.15, 0.2) is 22.8 Å². The summed E-state index contributed by atoms with van der Waals surface area (Å²) in [7, 11) is 2.94. The molecule has 1 aromatic carbocycles. The maximum Gasteiger partial charge on any atom is 0.416 e. The van der Waals surface area contributed by atoms with Gasteiger partial charge in [-0.2, -0.15) is 0 Å². The zero-order chi connectivity index (χ0) is 21.9. The second kappa shape index (κ2) is 6.70. The number of rotatable bonds is 3. The maximum absolute atomic E-state index is 13.1. The van der Waals surface area contributed by atoms with Crippen molar-refractivity contribution in [3.8, 4) is 0 Å². The highest BCUT2D eigenvalue weighted by Crippen LogP contribution is 2.27. The highest BCUT2D eigenvalue weighted by Gasteiger charge is 2.22. The number of halogens is 1. The molecule has 0 aliphatic heterocycles. The lowest BCUT2D eigenvalue weighted by Crippen LogP contribution is -2.40. The fourth-order valence-corrected chi connectivity index (χ4v) is 3.88. The first-order valence-electron chi connectivity index (χ1n) is 8.82. The third kappa shape index (κ3) is 2.68. The van der Waals surface area contributed by atoms with E-state index in [0.717, 1.165) is 13.7 Å². The second-order valence-corrected chi connectivity index (χ2v) is 7.29. The van der Waals surface area contributed by atoms with Gasteiger partial charge >= 0.3 is 11.8 Å². The molecule has 0 spiro atoms. The molecule has 0 fully saturated rings. The summed E-state index contributed by atoms with van der Waals surface area (Å²) in [4.78, 5) is 53.8. The van der Waals surface area contributed by atoms with Crippen LogP contribution in [0.15, 0.2) is 33.9 Å². The normalized spacial score (nSPS) is 11.5. The van der Waals surface area contributed by atoms with Crippen LogP contribution in [0.5, 0.6) is 0 Å². The summed E-state index contributed by atoms with van der Waals surface area (Å²) < 4.78 is 4.39. The lowest BCUT2D eigenvalue weighted by atomic mass is 10.2. The highest BCUT2D eigenvalue weighted by molar-refractivity contribution is 6.35. The molecule has 4 aromatic rings. The van der Waals surface area contributed by atoms with Crippen LogP contribution < -0.4 is 11.2 Å². The van der Waals surface area contributed by atoms with Gasteiger partial charge in [-0.15, -0.1) is 0 Å². The summed E-state index contributed by atoms with van der Waals surface area (Å²) >= 11 is 6.18. The van der Waals surface area contributed by atoms with Crippen molar-refractivity contribution in [2.75, 3.05) is 0 Å². The van der Waals surface area contributed by atoms with Crippen molar-refractivity contribution >= 4 is 45.5 Å². The molecule has 0 aliphatic rings. The fraction of sp³-hybridized carbons (Fsp3) is 0.211. The molecule has 0 radical (unpaired) electrons. The molecule has 4 rings (SSSR count). The number of ketones is 1. The van der Waals surface area contributed by atoms with Crippen molar-refractivity contribution in [1.29, 1.82) is 0 Å². The summed E-state index contributed by atoms with van der Waals surface area (Å²) in [5.41, 5.74) is -0.680. The number of carboxylic acid groups (broad SMARTS) is 1. The first kappa shape index (κ1) is 19.6. The predicted molar refractivity (Wildman–Crippen MR) is 110 cm³/mol. The summed E-state index contributed by atoms with van der Waals surface area (Å²) in [6.45, 7) is 1.01. The van der Waals surface area contributed by atoms with Gasteiger partial charge in [0.2, 0.25) is 0 Å². The van der Waals surface area contributed by atoms with E-state index in [2.05, 4.69) is 4.98 Å². The van der Waals surface area contributed by atoms with E-state index in [1.54, 1.807) is 18.2 Å². The van der Waals surface area contributed by atoms with E-state index < -0.39 is 17.3 Å². The van der Waals surface area contributed by atoms with Crippen molar-refractivity contribution in [2.24, 2.45) is 14.1 Å². The van der Waals surface area contributed by atoms with Crippen LogP contribution in [0, 0.1) is 0 Å². The van der Waals surface area contributed by atoms with E-state index in [4.69, 9.17) is 11.6 Å². The van der Waals surface area contributed by atoms with Gasteiger partial charge in [-0.1, -0.05) is 17.7 Å². The molecule has 154 valence electrons. The molecule has 3 heterocycles. The number of hydrogen-bond donors (Lipinski definition) is 1. The standard InChI is InChI=1S/C19H16ClN5O5/c1-9(26)15-21-16-14(22(15)2)17(27)24(18(28)23(16)3)8-10-7-11-12(20)5-4-6-13(11)25(10)19(29)30/h4-7H,8H2,1-3H3,(H,29,30). The highest BCUT2D eigenvalue weighted by atomic mass is 35.5. The number of fused-ring (bicyclic) bond motifs is 2. The van der Waals surface area contributed by atoms with E-state index in [0.29, 0.717) is 15.9 Å². The van der Waals surface area contributed by atoms with E-state index in [9.17, 15) is 24.3 Å². The van der Waals surface area contributed by atoms with E-state index in [1.807, 2.05) is 0 Å². The van der Waals surface area contributed by atoms with Crippen molar-refractivity contribution in [3.63, 3.8) is 0 Å². The van der Waals surface area contributed by atoms with Gasteiger partial charge in [0.25, 0.3) is 5.56 Å². The van der Waals surface area contributed by atoms with Crippen LogP contribution in [0.4, 0.5) is 4.79 Å². The first-order chi connectivity index (χ1) is 14.1. The third-order valence-corrected chi connectivity index (χ3v) is 5.38. The SMILES string of the molecule is CC(=O)c1nc2c(c(=O)n(Cc3cc4c(Cl)cccc4n3C(=O)O)c(=O)n2C)n1C. The zero-order valence-electron chi connectivity index (χ0n) is 16.2. The number of nitrogens with zero attached hydrogens (tertiary/aromatic N) is 5. The van der Waals surface area contributed by atoms with Crippen molar-refractivity contribution in [1.82, 2.24) is 23.3 Å². The van der Waals surface area contributed by atoms with Gasteiger partial charge in [-0.25, -0.2) is 19.1 Å². The Kier molecular flexibility index (Phi) is 4.39. The number of aryl methyl sites for hydroxylation is 2. The Morgan fingerprint density at radius 2 is 1.87 bits per heavy atom. The monoisotopic (exact) mass is 429 g/mol. The molecule has 0 saturated carbocycles. The van der Waals surface area contributed by atoms with Crippen molar-refractivity contribution < 1.29 is 14.7 Å². The number of carbonyl (C=O) groups is 2. The molecule has 0 bridgehead atoms. The van der Waals surface area contributed by atoms with Crippen LogP contribution in [0.3, 0.4) is 0 Å². The van der Waals surface area contributed by atoms with E-state index in [-0.39, 0.29) is 35.0 Å². The number of Topliss-reactive ketones (excluding diaryl/α,β-unsaturated/α-hetero) is 1. The van der Waals surface area contributed by atoms with Crippen LogP contribution >= 0.6 is 11.6 Å². The summed E-state index contributed by atoms with van der Waals surface area (Å²) in [6, 6.07) is 6.36. The Balaban J connectivity index is 2.02. The number of imidazole rings is 1. The smallest absolute Gasteiger partial charge is 0.416 e. The average Bonchev–Trinajstić information content (AvgIpc) is 3.22. The topological polar surface area (TPSA) is 121 Å². The molecule has 30 heavy (non-hydrogen) atoms. The van der Waals surface area contributed by atoms with E-state index in [1.165, 1.54) is 31.7 Å². The van der Waals surface area contributed by atoms with Crippen LogP contribution in [-0.4, -0.2) is 40.2 Å². The third-order valence-electron chi connectivity index (χ3n) is 5.06. The second-order valence-electron chi connectivity index (χ2n) is 6.88. The lowest BCUT2D eigenvalue weighted by molar-refractivity contribution is 0.100. The quantitative estimate of drug-likeness (QED) is 0.496. The van der Waals surface area contributed by atoms with Crippen LogP contribution in [-0.2, 0) is 20.6 Å². The number of hydrogen-bond acceptors (Lipinski definition) is 5. The van der Waals surface area contributed by atoms with E-state index >= 15 is 0 Å². The lowest BCUT2D eigenvalue weighted by Gasteiger charge is -2.10. The minimum absolute atomic E-state index is 0.0429. The van der Waals surface area contributed by atoms with Gasteiger partial charge in [0.05, 0.1) is 17.8 Å². The molecule has 3 aromatic heterocycles. The molecule has 11 heteroatoms. The van der Waals surface area contributed by atoms with Gasteiger partial charge in [-0.3, -0.25) is 18.7 Å². The van der Waals surface area contributed by atoms with Gasteiger partial charge in [0, 0.05) is 31.4 Å². The minimum Gasteiger partial charge on any atom is -0.464 e. The number of carbonyl (C=O) groups excluding carboxylic acids is 1. The summed E-state index contributed by atoms with van der Waals surface area (Å²) in [5, 5.41) is 10.5. The minimum atomic E-state index is -1.27. The molecule has 0 amide bonds. The molecular weight excluding hydrogens is 414 g/mol. The van der Waals surface area contributed by atoms with Gasteiger partial charge in [0.1, 0.15) is 0 Å². The number of aromatic nitrogens is 5. The fourth-order valence-electron chi connectivity index (χ4n) is 3.65. The molecule has 0 unspecified atom stereocenters. The Labute approximate surface area is 173 Å². The van der Waals surface area contributed by atoms with Crippen molar-refractivity contribution in [3.05, 3.63) is 61.6 Å². The van der Waals surface area contributed by atoms with Crippen LogP contribution in [0.25, 0.3) is 22.1 Å². The Morgan fingerprint density at radius 3 is 2.50 bits per heavy atom. The molecule has 10 nitrogen and oxygen atoms in total.